The van der Waals surface area contributed by atoms with Crippen molar-refractivity contribution in [3.63, 3.8) is 0 Å². The summed E-state index contributed by atoms with van der Waals surface area (Å²) < 4.78 is 21.1. The van der Waals surface area contributed by atoms with Gasteiger partial charge in [-0.2, -0.15) is 0 Å². The van der Waals surface area contributed by atoms with Gasteiger partial charge in [0.1, 0.15) is 47.1 Å². The number of ketones is 4. The van der Waals surface area contributed by atoms with Gasteiger partial charge in [-0.15, -0.1) is 0 Å². The van der Waals surface area contributed by atoms with Crippen LogP contribution in [0.15, 0.2) is 222 Å². The number of carboxylic acid groups (broad SMARTS) is 1. The van der Waals surface area contributed by atoms with Gasteiger partial charge in [-0.3, -0.25) is 24.0 Å². The zero-order chi connectivity index (χ0) is 74.9. The number of rotatable bonds is 17. The molecule has 0 saturated heterocycles. The molecular formula is C84H100O16. The van der Waals surface area contributed by atoms with Crippen LogP contribution in [-0.4, -0.2) is 91.8 Å². The molecule has 532 valence electrons. The first-order valence-electron chi connectivity index (χ1n) is 33.4. The summed E-state index contributed by atoms with van der Waals surface area (Å²) >= 11 is 0. The van der Waals surface area contributed by atoms with E-state index in [1.807, 2.05) is 115 Å². The van der Waals surface area contributed by atoms with E-state index in [1.54, 1.807) is 39.8 Å². The Balaban J connectivity index is 0.000000265. The number of aliphatic carboxylic acids is 1. The number of allylic oxidation sites excluding steroid dienone is 24. The molecule has 0 bridgehead atoms. The summed E-state index contributed by atoms with van der Waals surface area (Å²) in [6, 6.07) is 10.7. The molecule has 4 aromatic rings. The number of phenols is 3. The predicted octanol–water partition coefficient (Wildman–Crippen LogP) is 17.0. The van der Waals surface area contributed by atoms with Gasteiger partial charge in [0.15, 0.2) is 17.0 Å². The van der Waals surface area contributed by atoms with Crippen LogP contribution in [0, 0.1) is 31.6 Å². The SMILES string of the molecule is CC/C(C)=C/CC1=C(C)C(=O)C(OC)=C(OC)C1=O.CC1=C(/C=C/C(C)=C/C=C/C(C)=C/C=C/C=C(C)/C=C/C=C(C)/C=C/C2=C(C)C(=O)C(O)CC2(C)C)C(C)(C)CC(O)C1=O.Cc1c(C)c2c(c(C)c1O)CCC(C)(C(=O)O)O2.O=c1c(-c2ccc(O)cc2)coc2cc(O)ccc12. The fourth-order valence-corrected chi connectivity index (χ4v) is 11.8. The van der Waals surface area contributed by atoms with E-state index in [0.717, 1.165) is 62.1 Å². The van der Waals surface area contributed by atoms with Crippen molar-refractivity contribution in [2.24, 2.45) is 10.8 Å². The van der Waals surface area contributed by atoms with Crippen molar-refractivity contribution >= 4 is 40.1 Å². The van der Waals surface area contributed by atoms with E-state index < -0.39 is 23.8 Å². The van der Waals surface area contributed by atoms with Crippen molar-refractivity contribution in [3.05, 3.63) is 245 Å². The number of carboxylic acids is 1. The van der Waals surface area contributed by atoms with Gasteiger partial charge in [0, 0.05) is 29.2 Å². The highest BCUT2D eigenvalue weighted by molar-refractivity contribution is 6.23. The second-order valence-electron chi connectivity index (χ2n) is 27.2. The van der Waals surface area contributed by atoms with E-state index in [1.165, 1.54) is 56.4 Å². The van der Waals surface area contributed by atoms with Crippen LogP contribution in [0.5, 0.6) is 23.0 Å². The number of carbonyl (C=O) groups excluding carboxylic acids is 4. The van der Waals surface area contributed by atoms with Crippen molar-refractivity contribution in [3.8, 4) is 34.1 Å². The fourth-order valence-electron chi connectivity index (χ4n) is 11.8. The molecule has 0 spiro atoms. The summed E-state index contributed by atoms with van der Waals surface area (Å²) in [5.41, 5.74) is 12.6. The van der Waals surface area contributed by atoms with Crippen molar-refractivity contribution in [2.75, 3.05) is 14.2 Å². The molecule has 16 nitrogen and oxygen atoms in total. The van der Waals surface area contributed by atoms with Gasteiger partial charge in [-0.1, -0.05) is 166 Å². The van der Waals surface area contributed by atoms with Gasteiger partial charge in [0.05, 0.1) is 25.2 Å². The molecule has 0 amide bonds. The zero-order valence-corrected chi connectivity index (χ0v) is 61.4. The number of carbonyl (C=O) groups is 5. The number of hydrogen-bond acceptors (Lipinski definition) is 15. The topological polar surface area (TPSA) is 265 Å². The largest absolute Gasteiger partial charge is 0.508 e. The number of phenolic OH excluding ortho intramolecular Hbond substituents is 3. The zero-order valence-electron chi connectivity index (χ0n) is 61.4. The Hall–Kier alpha value is -9.90. The summed E-state index contributed by atoms with van der Waals surface area (Å²) in [6.45, 7) is 32.8. The lowest BCUT2D eigenvalue weighted by Gasteiger charge is -2.34. The molecule has 16 heteroatoms. The molecule has 2 heterocycles. The van der Waals surface area contributed by atoms with Gasteiger partial charge in [0.25, 0.3) is 0 Å². The Labute approximate surface area is 588 Å². The van der Waals surface area contributed by atoms with E-state index in [0.29, 0.717) is 82.2 Å². The standard InChI is InChI=1S/C40H52O4.C15H10O4.C15H20O4.C14H18O4/c1-27(17-13-19-29(3)21-23-33-31(5)37(43)35(41)25-39(33,7)8)15-11-12-16-28(2)18-14-20-30(4)22-24-34-32(6)38(44)36(42)26-40(34,9)10;16-10-3-1-9(2-4-10)13-8-19-14-7-11(17)5-6-12(14)15(13)18;1-6-9(2)7-8-11-10(3)12(16)14(18-4)15(19-5)13(11)17;1-7-8(2)12-10(9(3)11(7)15)5-6-14(4,18-12)13(16)17/h11-24,35-36,41-42H,25-26H2,1-10H3;1-8,16-17H;7H,6,8H2,1-5H3;15H,5-6H2,1-4H3,(H,16,17)/b12-11+,17-13+,18-14+,23-21+,24-22+,27-15+,28-16+,29-19+,30-20+;;9-7+;. The van der Waals surface area contributed by atoms with E-state index in [2.05, 4.69) is 65.8 Å². The lowest BCUT2D eigenvalue weighted by atomic mass is 9.71. The fraction of sp³-hybridized carbons (Fsp3) is 0.357. The maximum absolute atomic E-state index is 12.3. The van der Waals surface area contributed by atoms with Crippen LogP contribution in [0.25, 0.3) is 22.1 Å². The van der Waals surface area contributed by atoms with Crippen LogP contribution < -0.4 is 10.2 Å². The van der Waals surface area contributed by atoms with Crippen molar-refractivity contribution in [1.82, 2.24) is 0 Å². The Morgan fingerprint density at radius 1 is 0.610 bits per heavy atom. The van der Waals surface area contributed by atoms with Crippen molar-refractivity contribution < 1.29 is 73.2 Å². The highest BCUT2D eigenvalue weighted by Gasteiger charge is 2.42. The summed E-state index contributed by atoms with van der Waals surface area (Å²) in [7, 11) is 2.73. The van der Waals surface area contributed by atoms with Crippen LogP contribution in [0.4, 0.5) is 0 Å². The molecule has 0 fully saturated rings. The van der Waals surface area contributed by atoms with E-state index in [9.17, 15) is 59.4 Å². The molecule has 100 heavy (non-hydrogen) atoms. The summed E-state index contributed by atoms with van der Waals surface area (Å²) in [4.78, 5) is 72.4. The highest BCUT2D eigenvalue weighted by Crippen LogP contribution is 2.44. The summed E-state index contributed by atoms with van der Waals surface area (Å²) in [5.74, 6) is -0.762. The minimum absolute atomic E-state index is 0.00403. The van der Waals surface area contributed by atoms with Crippen molar-refractivity contribution in [1.29, 1.82) is 0 Å². The Bertz CT molecular complexity index is 4220. The molecule has 6 N–H and O–H groups in total. The van der Waals surface area contributed by atoms with Crippen LogP contribution in [0.3, 0.4) is 0 Å². The smallest absolute Gasteiger partial charge is 0.347 e. The lowest BCUT2D eigenvalue weighted by Crippen LogP contribution is -2.44. The summed E-state index contributed by atoms with van der Waals surface area (Å²) in [5, 5.41) is 58.3. The van der Waals surface area contributed by atoms with Crippen LogP contribution >= 0.6 is 0 Å². The number of Topliss-reactive ketones (excluding diaryl/α,β-unsaturated/α-hetero) is 4. The maximum atomic E-state index is 12.3. The molecule has 8 rings (SSSR count). The molecule has 3 aromatic carbocycles. The molecule has 3 atom stereocenters. The first-order chi connectivity index (χ1) is 46.9. The quantitative estimate of drug-likeness (QED) is 0.0326. The molecule has 4 aliphatic rings. The number of benzene rings is 3. The van der Waals surface area contributed by atoms with Gasteiger partial charge in [0.2, 0.25) is 28.7 Å². The third-order valence-corrected chi connectivity index (χ3v) is 18.5. The van der Waals surface area contributed by atoms with Crippen LogP contribution in [0.1, 0.15) is 151 Å². The number of aliphatic hydroxyl groups excluding tert-OH is 2. The first-order valence-corrected chi connectivity index (χ1v) is 33.4. The second kappa shape index (κ2) is 35.2. The molecule has 0 radical (unpaired) electrons. The number of aromatic hydroxyl groups is 3. The van der Waals surface area contributed by atoms with Crippen LogP contribution in [0.2, 0.25) is 0 Å². The minimum atomic E-state index is -1.17. The molecule has 3 unspecified atom stereocenters. The Morgan fingerprint density at radius 3 is 1.56 bits per heavy atom. The van der Waals surface area contributed by atoms with Gasteiger partial charge < -0.3 is 49.3 Å². The van der Waals surface area contributed by atoms with Crippen molar-refractivity contribution in [2.45, 2.75) is 174 Å². The molecule has 1 aromatic heterocycles. The normalized spacial score (nSPS) is 20.1. The molecule has 1 aliphatic heterocycles. The number of aliphatic hydroxyl groups is 2. The monoisotopic (exact) mass is 1360 g/mol. The number of hydrogen-bond donors (Lipinski definition) is 6. The average molecular weight is 1370 g/mol. The second-order valence-corrected chi connectivity index (χ2v) is 27.2. The van der Waals surface area contributed by atoms with E-state index in [4.69, 9.17) is 18.6 Å². The molecule has 0 saturated carbocycles. The highest BCUT2D eigenvalue weighted by atomic mass is 16.5. The number of methoxy groups -OCH3 is 2. The van der Waals surface area contributed by atoms with Gasteiger partial charge in [-0.05, 0) is 195 Å². The van der Waals surface area contributed by atoms with Gasteiger partial charge in [-0.25, -0.2) is 4.79 Å². The van der Waals surface area contributed by atoms with E-state index >= 15 is 0 Å². The number of ether oxygens (including phenoxy) is 3. The first kappa shape index (κ1) is 80.8. The third-order valence-electron chi connectivity index (χ3n) is 18.5. The Kier molecular flexibility index (Phi) is 28.5. The summed E-state index contributed by atoms with van der Waals surface area (Å²) in [6.07, 6.45) is 33.2. The lowest BCUT2D eigenvalue weighted by molar-refractivity contribution is -0.155. The molecule has 3 aliphatic carbocycles. The Morgan fingerprint density at radius 2 is 1.08 bits per heavy atom. The average Bonchev–Trinajstić information content (AvgIpc) is 0.767. The number of fused-ring (bicyclic) bond motifs is 2. The maximum Gasteiger partial charge on any atom is 0.347 e. The third kappa shape index (κ3) is 20.4. The minimum Gasteiger partial charge on any atom is -0.508 e. The van der Waals surface area contributed by atoms with Crippen LogP contribution in [-0.2, 0) is 39.9 Å². The predicted molar refractivity (Wildman–Crippen MR) is 396 cm³/mol. The molecular weight excluding hydrogens is 1260 g/mol. The van der Waals surface area contributed by atoms with Gasteiger partial charge >= 0.3 is 5.97 Å². The van der Waals surface area contributed by atoms with E-state index in [-0.39, 0.29) is 68.2 Å².